The minimum absolute atomic E-state index is 0.230. The van der Waals surface area contributed by atoms with Crippen molar-refractivity contribution in [3.05, 3.63) is 35.4 Å². The number of para-hydroxylation sites is 1. The molecule has 4 heteroatoms. The number of benzene rings is 1. The lowest BCUT2D eigenvalue weighted by Crippen LogP contribution is -2.30. The molecule has 17 heavy (non-hydrogen) atoms. The molecule has 0 saturated carbocycles. The fourth-order valence-corrected chi connectivity index (χ4v) is 1.70. The van der Waals surface area contributed by atoms with E-state index in [1.165, 1.54) is 0 Å². The lowest BCUT2D eigenvalue weighted by Gasteiger charge is -2.23. The van der Waals surface area contributed by atoms with Gasteiger partial charge in [-0.25, -0.2) is 9.18 Å². The van der Waals surface area contributed by atoms with Gasteiger partial charge in [0.05, 0.1) is 12.2 Å². The first-order valence-corrected chi connectivity index (χ1v) is 5.46. The van der Waals surface area contributed by atoms with Crippen molar-refractivity contribution in [3.8, 4) is 5.75 Å². The number of carbonyl (C=O) groups excluding carboxylic acids is 1. The second-order valence-electron chi connectivity index (χ2n) is 3.62. The Bertz CT molecular complexity index is 454. The lowest BCUT2D eigenvalue weighted by molar-refractivity contribution is -0.139. The summed E-state index contributed by atoms with van der Waals surface area (Å²) in [6, 6.07) is 7.19. The van der Waals surface area contributed by atoms with Gasteiger partial charge in [-0.15, -0.1) is 0 Å². The molecule has 0 radical (unpaired) electrons. The van der Waals surface area contributed by atoms with Crippen LogP contribution in [-0.2, 0) is 9.53 Å². The average molecular weight is 236 g/mol. The number of alkyl halides is 1. The maximum atomic E-state index is 12.8. The summed E-state index contributed by atoms with van der Waals surface area (Å²) in [6.07, 6.45) is 0.755. The highest BCUT2D eigenvalue weighted by Gasteiger charge is 2.28. The number of halogens is 1. The standard InChI is InChI=1S/C13H13FO3/c1-2-16-13(15)10-7-9-5-3-4-6-11(9)17-12(10)8-14/h3-7,12H,2,8H2,1H3. The van der Waals surface area contributed by atoms with Gasteiger partial charge in [0.15, 0.2) is 6.10 Å². The first-order chi connectivity index (χ1) is 8.26. The molecular weight excluding hydrogens is 223 g/mol. The minimum atomic E-state index is -0.871. The maximum absolute atomic E-state index is 12.8. The first-order valence-electron chi connectivity index (χ1n) is 5.46. The topological polar surface area (TPSA) is 35.5 Å². The van der Waals surface area contributed by atoms with Gasteiger partial charge in [0.2, 0.25) is 0 Å². The van der Waals surface area contributed by atoms with Crippen LogP contribution in [0.3, 0.4) is 0 Å². The zero-order valence-electron chi connectivity index (χ0n) is 9.48. The Morgan fingerprint density at radius 3 is 2.94 bits per heavy atom. The molecule has 90 valence electrons. The minimum Gasteiger partial charge on any atom is -0.482 e. The van der Waals surface area contributed by atoms with E-state index >= 15 is 0 Å². The SMILES string of the molecule is CCOC(=O)C1=Cc2ccccc2OC1CF. The fourth-order valence-electron chi connectivity index (χ4n) is 1.70. The molecule has 0 fully saturated rings. The van der Waals surface area contributed by atoms with E-state index < -0.39 is 18.7 Å². The number of hydrogen-bond donors (Lipinski definition) is 0. The lowest BCUT2D eigenvalue weighted by atomic mass is 10.0. The van der Waals surface area contributed by atoms with Gasteiger partial charge in [-0.1, -0.05) is 18.2 Å². The third-order valence-corrected chi connectivity index (χ3v) is 2.50. The van der Waals surface area contributed by atoms with Gasteiger partial charge in [0.1, 0.15) is 12.4 Å². The molecule has 1 aromatic rings. The third kappa shape index (κ3) is 2.30. The van der Waals surface area contributed by atoms with Crippen LogP contribution in [0.2, 0.25) is 0 Å². The molecule has 0 aliphatic carbocycles. The predicted molar refractivity (Wildman–Crippen MR) is 61.4 cm³/mol. The Kier molecular flexibility index (Phi) is 3.42. The van der Waals surface area contributed by atoms with Crippen molar-refractivity contribution in [3.63, 3.8) is 0 Å². The van der Waals surface area contributed by atoms with Crippen LogP contribution in [0, 0.1) is 0 Å². The molecule has 1 heterocycles. The number of carbonyl (C=O) groups is 1. The van der Waals surface area contributed by atoms with Gasteiger partial charge in [-0.3, -0.25) is 0 Å². The van der Waals surface area contributed by atoms with Crippen molar-refractivity contribution in [1.82, 2.24) is 0 Å². The molecule has 1 unspecified atom stereocenters. The average Bonchev–Trinajstić information content (AvgIpc) is 2.37. The van der Waals surface area contributed by atoms with Crippen molar-refractivity contribution in [1.29, 1.82) is 0 Å². The Labute approximate surface area is 98.8 Å². The molecule has 0 aromatic heterocycles. The van der Waals surface area contributed by atoms with E-state index in [-0.39, 0.29) is 12.2 Å². The second kappa shape index (κ2) is 4.99. The Balaban J connectivity index is 2.35. The Hall–Kier alpha value is -1.84. The number of hydrogen-bond acceptors (Lipinski definition) is 3. The Morgan fingerprint density at radius 1 is 1.47 bits per heavy atom. The first kappa shape index (κ1) is 11.6. The molecule has 0 spiro atoms. The van der Waals surface area contributed by atoms with Crippen molar-refractivity contribution < 1.29 is 18.7 Å². The van der Waals surface area contributed by atoms with Crippen LogP contribution in [0.1, 0.15) is 12.5 Å². The van der Waals surface area contributed by atoms with E-state index in [1.54, 1.807) is 25.1 Å². The van der Waals surface area contributed by atoms with Gasteiger partial charge < -0.3 is 9.47 Å². The Morgan fingerprint density at radius 2 is 2.24 bits per heavy atom. The smallest absolute Gasteiger partial charge is 0.337 e. The van der Waals surface area contributed by atoms with Crippen molar-refractivity contribution >= 4 is 12.0 Å². The van der Waals surface area contributed by atoms with Crippen molar-refractivity contribution in [2.75, 3.05) is 13.3 Å². The second-order valence-corrected chi connectivity index (χ2v) is 3.62. The number of esters is 1. The van der Waals surface area contributed by atoms with Crippen LogP contribution >= 0.6 is 0 Å². The summed E-state index contributed by atoms with van der Waals surface area (Å²) in [5.74, 6) is 0.0628. The van der Waals surface area contributed by atoms with Crippen molar-refractivity contribution in [2.45, 2.75) is 13.0 Å². The van der Waals surface area contributed by atoms with E-state index in [0.29, 0.717) is 5.75 Å². The van der Waals surface area contributed by atoms with E-state index in [0.717, 1.165) is 5.56 Å². The summed E-state index contributed by atoms with van der Waals surface area (Å²) in [5, 5.41) is 0. The molecular formula is C13H13FO3. The molecule has 2 rings (SSSR count). The van der Waals surface area contributed by atoms with Gasteiger partial charge in [-0.2, -0.15) is 0 Å². The summed E-state index contributed by atoms with van der Waals surface area (Å²) in [5.41, 5.74) is 0.994. The fraction of sp³-hybridized carbons (Fsp3) is 0.308. The van der Waals surface area contributed by atoms with Crippen LogP contribution in [0.4, 0.5) is 4.39 Å². The number of fused-ring (bicyclic) bond motifs is 1. The van der Waals surface area contributed by atoms with Gasteiger partial charge in [0.25, 0.3) is 0 Å². The van der Waals surface area contributed by atoms with Gasteiger partial charge in [0, 0.05) is 5.56 Å². The summed E-state index contributed by atoms with van der Waals surface area (Å²) in [6.45, 7) is 1.22. The van der Waals surface area contributed by atoms with Crippen molar-refractivity contribution in [2.24, 2.45) is 0 Å². The number of rotatable bonds is 3. The highest BCUT2D eigenvalue weighted by atomic mass is 19.1. The van der Waals surface area contributed by atoms with Gasteiger partial charge >= 0.3 is 5.97 Å². The van der Waals surface area contributed by atoms with E-state index in [4.69, 9.17) is 9.47 Å². The van der Waals surface area contributed by atoms with E-state index in [9.17, 15) is 9.18 Å². The highest BCUT2D eigenvalue weighted by Crippen LogP contribution is 2.30. The summed E-state index contributed by atoms with van der Waals surface area (Å²) in [4.78, 5) is 11.6. The molecule has 3 nitrogen and oxygen atoms in total. The normalized spacial score (nSPS) is 17.8. The number of ether oxygens (including phenoxy) is 2. The summed E-state index contributed by atoms with van der Waals surface area (Å²) >= 11 is 0. The summed E-state index contributed by atoms with van der Waals surface area (Å²) < 4.78 is 23.1. The molecule has 0 saturated heterocycles. The molecule has 0 bridgehead atoms. The van der Waals surface area contributed by atoms with Crippen LogP contribution < -0.4 is 4.74 Å². The summed E-state index contributed by atoms with van der Waals surface area (Å²) in [7, 11) is 0. The maximum Gasteiger partial charge on any atom is 0.337 e. The third-order valence-electron chi connectivity index (χ3n) is 2.50. The van der Waals surface area contributed by atoms with Crippen LogP contribution in [0.15, 0.2) is 29.8 Å². The van der Waals surface area contributed by atoms with Crippen LogP contribution in [0.25, 0.3) is 6.08 Å². The zero-order chi connectivity index (χ0) is 12.3. The van der Waals surface area contributed by atoms with Crippen LogP contribution in [-0.4, -0.2) is 25.4 Å². The monoisotopic (exact) mass is 236 g/mol. The molecule has 1 atom stereocenters. The predicted octanol–water partition coefficient (Wildman–Crippen LogP) is 2.36. The van der Waals surface area contributed by atoms with Crippen LogP contribution in [0.5, 0.6) is 5.75 Å². The van der Waals surface area contributed by atoms with E-state index in [2.05, 4.69) is 0 Å². The largest absolute Gasteiger partial charge is 0.482 e. The highest BCUT2D eigenvalue weighted by molar-refractivity contribution is 5.96. The molecule has 1 aromatic carbocycles. The zero-order valence-corrected chi connectivity index (χ0v) is 9.48. The van der Waals surface area contributed by atoms with Gasteiger partial charge in [-0.05, 0) is 19.1 Å². The van der Waals surface area contributed by atoms with E-state index in [1.807, 2.05) is 12.1 Å². The molecule has 0 amide bonds. The molecule has 1 aliphatic rings. The molecule has 1 aliphatic heterocycles. The quantitative estimate of drug-likeness (QED) is 0.756. The molecule has 0 N–H and O–H groups in total.